The maximum absolute atomic E-state index is 12.7. The summed E-state index contributed by atoms with van der Waals surface area (Å²) in [5.74, 6) is 5.82. The van der Waals surface area contributed by atoms with Crippen LogP contribution in [0.5, 0.6) is 0 Å². The molecule has 0 spiro atoms. The number of nitrogens with one attached hydrogen (secondary N) is 2. The van der Waals surface area contributed by atoms with Crippen LogP contribution in [0.4, 0.5) is 23.8 Å². The number of urea groups is 1. The third kappa shape index (κ3) is 6.25. The van der Waals surface area contributed by atoms with E-state index in [0.717, 1.165) is 12.1 Å². The number of nitrogens with zero attached hydrogens (tertiary/aromatic N) is 2. The number of carbonyl (C=O) groups excluding carboxylic acids is 2. The Hall–Kier alpha value is -3.48. The standard InChI is InChI=1S/C21H21F3N4O3/c1-14-12-18(27-31-14)26-19(29)16-7-10-28(11-8-16)20(30)25-9-3-5-15-4-2-6-17(13-15)21(22,23)24/h2,4,6,12-13,16H,7-11H2,1H3,(H,25,30)(H,26,27,29). The fraction of sp³-hybridized carbons (Fsp3) is 0.381. The number of aromatic nitrogens is 1. The number of benzene rings is 1. The van der Waals surface area contributed by atoms with Crippen LogP contribution in [0, 0.1) is 24.7 Å². The van der Waals surface area contributed by atoms with Crippen molar-refractivity contribution in [1.29, 1.82) is 0 Å². The smallest absolute Gasteiger partial charge is 0.360 e. The molecule has 1 aliphatic rings. The summed E-state index contributed by atoms with van der Waals surface area (Å²) in [6.07, 6.45) is -3.42. The quantitative estimate of drug-likeness (QED) is 0.725. The van der Waals surface area contributed by atoms with Gasteiger partial charge in [-0.2, -0.15) is 13.2 Å². The third-order valence-electron chi connectivity index (χ3n) is 4.78. The van der Waals surface area contributed by atoms with Crippen LogP contribution in [-0.2, 0) is 11.0 Å². The lowest BCUT2D eigenvalue weighted by Gasteiger charge is -2.31. The molecule has 7 nitrogen and oxygen atoms in total. The van der Waals surface area contributed by atoms with Crippen molar-refractivity contribution in [3.05, 3.63) is 47.2 Å². The van der Waals surface area contributed by atoms with Crippen LogP contribution in [0.15, 0.2) is 34.9 Å². The highest BCUT2D eigenvalue weighted by Crippen LogP contribution is 2.29. The topological polar surface area (TPSA) is 87.5 Å². The van der Waals surface area contributed by atoms with Gasteiger partial charge in [-0.25, -0.2) is 4.79 Å². The normalized spacial score (nSPS) is 14.5. The van der Waals surface area contributed by atoms with E-state index in [1.807, 2.05) is 0 Å². The van der Waals surface area contributed by atoms with Crippen LogP contribution >= 0.6 is 0 Å². The molecule has 1 saturated heterocycles. The van der Waals surface area contributed by atoms with Crippen LogP contribution in [-0.4, -0.2) is 41.6 Å². The summed E-state index contributed by atoms with van der Waals surface area (Å²) in [4.78, 5) is 26.1. The van der Waals surface area contributed by atoms with Crippen molar-refractivity contribution in [2.45, 2.75) is 25.9 Å². The van der Waals surface area contributed by atoms with E-state index >= 15 is 0 Å². The van der Waals surface area contributed by atoms with Gasteiger partial charge in [-0.1, -0.05) is 23.1 Å². The Balaban J connectivity index is 1.43. The summed E-state index contributed by atoms with van der Waals surface area (Å²) < 4.78 is 43.0. The number of likely N-dealkylation sites (tertiary alicyclic amines) is 1. The number of piperidine rings is 1. The first kappa shape index (κ1) is 22.2. The van der Waals surface area contributed by atoms with Gasteiger partial charge < -0.3 is 20.1 Å². The highest BCUT2D eigenvalue weighted by atomic mass is 19.4. The number of rotatable bonds is 3. The molecule has 2 N–H and O–H groups in total. The van der Waals surface area contributed by atoms with Crippen molar-refractivity contribution >= 4 is 17.8 Å². The van der Waals surface area contributed by atoms with Gasteiger partial charge in [-0.15, -0.1) is 0 Å². The van der Waals surface area contributed by atoms with E-state index in [-0.39, 0.29) is 30.0 Å². The van der Waals surface area contributed by atoms with Crippen molar-refractivity contribution in [3.8, 4) is 11.8 Å². The number of amides is 3. The molecule has 0 bridgehead atoms. The van der Waals surface area contributed by atoms with Gasteiger partial charge >= 0.3 is 12.2 Å². The molecule has 0 radical (unpaired) electrons. The summed E-state index contributed by atoms with van der Waals surface area (Å²) in [5, 5.41) is 9.04. The lowest BCUT2D eigenvalue weighted by Crippen LogP contribution is -2.46. The highest BCUT2D eigenvalue weighted by Gasteiger charge is 2.30. The molecule has 2 aromatic rings. The van der Waals surface area contributed by atoms with Gasteiger partial charge in [0.05, 0.1) is 12.1 Å². The zero-order chi connectivity index (χ0) is 22.4. The molecule has 0 aliphatic carbocycles. The predicted octanol–water partition coefficient (Wildman–Crippen LogP) is 3.41. The average Bonchev–Trinajstić information content (AvgIpc) is 3.15. The van der Waals surface area contributed by atoms with E-state index in [4.69, 9.17) is 4.52 Å². The Morgan fingerprint density at radius 1 is 1.26 bits per heavy atom. The monoisotopic (exact) mass is 434 g/mol. The van der Waals surface area contributed by atoms with Crippen LogP contribution < -0.4 is 10.6 Å². The molecule has 0 saturated carbocycles. The number of halogens is 3. The Labute approximate surface area is 177 Å². The Bertz CT molecular complexity index is 999. The Morgan fingerprint density at radius 2 is 2.00 bits per heavy atom. The maximum atomic E-state index is 12.7. The molecule has 1 fully saturated rings. The number of carbonyl (C=O) groups is 2. The van der Waals surface area contributed by atoms with Gasteiger partial charge in [-0.3, -0.25) is 4.79 Å². The molecule has 1 aliphatic heterocycles. The van der Waals surface area contributed by atoms with Gasteiger partial charge in [0.15, 0.2) is 5.82 Å². The van der Waals surface area contributed by atoms with Gasteiger partial charge in [-0.05, 0) is 38.0 Å². The lowest BCUT2D eigenvalue weighted by atomic mass is 9.96. The van der Waals surface area contributed by atoms with Crippen LogP contribution in [0.3, 0.4) is 0 Å². The van der Waals surface area contributed by atoms with Crippen LogP contribution in [0.2, 0.25) is 0 Å². The minimum Gasteiger partial charge on any atom is -0.360 e. The summed E-state index contributed by atoms with van der Waals surface area (Å²) in [5.41, 5.74) is -0.549. The first-order chi connectivity index (χ1) is 14.7. The minimum absolute atomic E-state index is 0.000995. The van der Waals surface area contributed by atoms with Crippen LogP contribution in [0.25, 0.3) is 0 Å². The Kier molecular flexibility index (Phi) is 6.84. The van der Waals surface area contributed by atoms with E-state index in [0.29, 0.717) is 37.5 Å². The largest absolute Gasteiger partial charge is 0.416 e. The number of alkyl halides is 3. The zero-order valence-electron chi connectivity index (χ0n) is 16.8. The average molecular weight is 434 g/mol. The van der Waals surface area contributed by atoms with Crippen molar-refractivity contribution in [3.63, 3.8) is 0 Å². The van der Waals surface area contributed by atoms with E-state index in [1.54, 1.807) is 17.9 Å². The summed E-state index contributed by atoms with van der Waals surface area (Å²) in [7, 11) is 0. The fourth-order valence-electron chi connectivity index (χ4n) is 3.15. The molecular weight excluding hydrogens is 413 g/mol. The molecule has 0 unspecified atom stereocenters. The van der Waals surface area contributed by atoms with Crippen LogP contribution in [0.1, 0.15) is 29.7 Å². The first-order valence-electron chi connectivity index (χ1n) is 9.65. The molecule has 3 rings (SSSR count). The summed E-state index contributed by atoms with van der Waals surface area (Å²) >= 11 is 0. The predicted molar refractivity (Wildman–Crippen MR) is 106 cm³/mol. The molecule has 1 aromatic heterocycles. The van der Waals surface area contributed by atoms with Crippen molar-refractivity contribution in [2.24, 2.45) is 5.92 Å². The third-order valence-corrected chi connectivity index (χ3v) is 4.78. The zero-order valence-corrected chi connectivity index (χ0v) is 16.8. The van der Waals surface area contributed by atoms with E-state index < -0.39 is 11.7 Å². The van der Waals surface area contributed by atoms with Crippen molar-refractivity contribution < 1.29 is 27.3 Å². The Morgan fingerprint density at radius 3 is 2.65 bits per heavy atom. The number of hydrogen-bond donors (Lipinski definition) is 2. The van der Waals surface area contributed by atoms with Gasteiger partial charge in [0, 0.05) is 30.6 Å². The number of aryl methyl sites for hydroxylation is 1. The molecule has 10 heteroatoms. The number of anilines is 1. The van der Waals surface area contributed by atoms with Gasteiger partial charge in [0.2, 0.25) is 5.91 Å². The molecule has 31 heavy (non-hydrogen) atoms. The van der Waals surface area contributed by atoms with E-state index in [9.17, 15) is 22.8 Å². The maximum Gasteiger partial charge on any atom is 0.416 e. The molecule has 3 amide bonds. The van der Waals surface area contributed by atoms with Crippen molar-refractivity contribution in [1.82, 2.24) is 15.4 Å². The summed E-state index contributed by atoms with van der Waals surface area (Å²) in [6.45, 7) is 2.54. The van der Waals surface area contributed by atoms with E-state index in [1.165, 1.54) is 12.1 Å². The van der Waals surface area contributed by atoms with Gasteiger partial charge in [0.1, 0.15) is 5.76 Å². The van der Waals surface area contributed by atoms with Gasteiger partial charge in [0.25, 0.3) is 0 Å². The molecule has 2 heterocycles. The minimum atomic E-state index is -4.43. The van der Waals surface area contributed by atoms with E-state index in [2.05, 4.69) is 27.6 Å². The highest BCUT2D eigenvalue weighted by molar-refractivity contribution is 5.91. The fourth-order valence-corrected chi connectivity index (χ4v) is 3.15. The first-order valence-corrected chi connectivity index (χ1v) is 9.65. The van der Waals surface area contributed by atoms with Crippen molar-refractivity contribution in [2.75, 3.05) is 25.0 Å². The second-order valence-electron chi connectivity index (χ2n) is 7.11. The second-order valence-corrected chi connectivity index (χ2v) is 7.11. The molecular formula is C21H21F3N4O3. The molecule has 0 atom stereocenters. The molecule has 164 valence electrons. The second kappa shape index (κ2) is 9.55. The molecule has 1 aromatic carbocycles. The number of hydrogen-bond acceptors (Lipinski definition) is 4. The SMILES string of the molecule is Cc1cc(NC(=O)C2CCN(C(=O)NCC#Cc3cccc(C(F)(F)F)c3)CC2)no1. The summed E-state index contributed by atoms with van der Waals surface area (Å²) in [6, 6.07) is 6.00. The lowest BCUT2D eigenvalue weighted by molar-refractivity contribution is -0.137.